The fourth-order valence-corrected chi connectivity index (χ4v) is 2.22. The van der Waals surface area contributed by atoms with E-state index in [4.69, 9.17) is 11.6 Å². The van der Waals surface area contributed by atoms with Crippen molar-refractivity contribution in [1.29, 1.82) is 0 Å². The lowest BCUT2D eigenvalue weighted by Crippen LogP contribution is -2.52. The second-order valence-electron chi connectivity index (χ2n) is 4.52. The topological polar surface area (TPSA) is 32.3 Å². The van der Waals surface area contributed by atoms with Crippen LogP contribution >= 0.6 is 11.6 Å². The van der Waals surface area contributed by atoms with Crippen molar-refractivity contribution in [3.63, 3.8) is 0 Å². The first-order valence-corrected chi connectivity index (χ1v) is 6.25. The first-order chi connectivity index (χ1) is 8.09. The second-order valence-corrected chi connectivity index (χ2v) is 4.92. The molecular weight excluding hydrogens is 236 g/mol. The Balaban J connectivity index is 2.21. The standard InChI is InChI=1S/C13H17ClN2O/c1-9-3-4-11(7-12(9)14)13(17)16-6-5-15-8-10(16)2/h3-4,7,10,15H,5-6,8H2,1-2H3/t10-/m0/s1. The van der Waals surface area contributed by atoms with Crippen molar-refractivity contribution in [3.8, 4) is 0 Å². The third-order valence-corrected chi connectivity index (χ3v) is 3.59. The van der Waals surface area contributed by atoms with E-state index in [1.165, 1.54) is 0 Å². The van der Waals surface area contributed by atoms with Crippen molar-refractivity contribution in [3.05, 3.63) is 34.3 Å². The summed E-state index contributed by atoms with van der Waals surface area (Å²) in [5, 5.41) is 3.92. The summed E-state index contributed by atoms with van der Waals surface area (Å²) in [4.78, 5) is 14.2. The number of benzene rings is 1. The molecule has 0 radical (unpaired) electrons. The Bertz CT molecular complexity index is 433. The normalized spacial score (nSPS) is 20.4. The maximum Gasteiger partial charge on any atom is 0.254 e. The van der Waals surface area contributed by atoms with Crippen LogP contribution < -0.4 is 5.32 Å². The maximum atomic E-state index is 12.3. The zero-order chi connectivity index (χ0) is 12.4. The van der Waals surface area contributed by atoms with E-state index in [0.29, 0.717) is 10.6 Å². The molecule has 0 aromatic heterocycles. The fraction of sp³-hybridized carbons (Fsp3) is 0.462. The van der Waals surface area contributed by atoms with Gasteiger partial charge in [-0.2, -0.15) is 0 Å². The maximum absolute atomic E-state index is 12.3. The van der Waals surface area contributed by atoms with Crippen LogP contribution in [-0.2, 0) is 0 Å². The summed E-state index contributed by atoms with van der Waals surface area (Å²) >= 11 is 6.05. The molecule has 0 unspecified atom stereocenters. The van der Waals surface area contributed by atoms with Crippen LogP contribution in [0.5, 0.6) is 0 Å². The molecule has 1 atom stereocenters. The van der Waals surface area contributed by atoms with Gasteiger partial charge in [0.2, 0.25) is 0 Å². The second kappa shape index (κ2) is 5.07. The van der Waals surface area contributed by atoms with Crippen molar-refractivity contribution >= 4 is 17.5 Å². The largest absolute Gasteiger partial charge is 0.333 e. The van der Waals surface area contributed by atoms with Crippen LogP contribution in [0.25, 0.3) is 0 Å². The summed E-state index contributed by atoms with van der Waals surface area (Å²) in [5.74, 6) is 0.0703. The molecule has 17 heavy (non-hydrogen) atoms. The zero-order valence-corrected chi connectivity index (χ0v) is 10.9. The number of amides is 1. The monoisotopic (exact) mass is 252 g/mol. The van der Waals surface area contributed by atoms with Gasteiger partial charge in [0.25, 0.3) is 5.91 Å². The third-order valence-electron chi connectivity index (χ3n) is 3.18. The van der Waals surface area contributed by atoms with Gasteiger partial charge < -0.3 is 10.2 Å². The van der Waals surface area contributed by atoms with Crippen LogP contribution in [0.1, 0.15) is 22.8 Å². The molecule has 92 valence electrons. The molecule has 4 heteroatoms. The lowest BCUT2D eigenvalue weighted by Gasteiger charge is -2.34. The van der Waals surface area contributed by atoms with E-state index < -0.39 is 0 Å². The molecule has 1 heterocycles. The van der Waals surface area contributed by atoms with Crippen molar-refractivity contribution in [2.75, 3.05) is 19.6 Å². The molecule has 1 aliphatic rings. The molecule has 0 spiro atoms. The van der Waals surface area contributed by atoms with Gasteiger partial charge in [0.15, 0.2) is 0 Å². The molecule has 1 N–H and O–H groups in total. The number of piperazine rings is 1. The van der Waals surface area contributed by atoms with Gasteiger partial charge in [-0.25, -0.2) is 0 Å². The number of halogens is 1. The Labute approximate surface area is 107 Å². The molecule has 1 aromatic rings. The Morgan fingerprint density at radius 2 is 2.29 bits per heavy atom. The average Bonchev–Trinajstić information content (AvgIpc) is 2.32. The van der Waals surface area contributed by atoms with Gasteiger partial charge in [-0.3, -0.25) is 4.79 Å². The highest BCUT2D eigenvalue weighted by molar-refractivity contribution is 6.31. The molecule has 1 aromatic carbocycles. The number of carbonyl (C=O) groups is 1. The molecular formula is C13H17ClN2O. The zero-order valence-electron chi connectivity index (χ0n) is 10.2. The molecule has 1 fully saturated rings. The van der Waals surface area contributed by atoms with Gasteiger partial charge in [-0.1, -0.05) is 17.7 Å². The highest BCUT2D eigenvalue weighted by atomic mass is 35.5. The van der Waals surface area contributed by atoms with Crippen LogP contribution in [0.2, 0.25) is 5.02 Å². The van der Waals surface area contributed by atoms with Gasteiger partial charge in [0.1, 0.15) is 0 Å². The van der Waals surface area contributed by atoms with Crippen LogP contribution in [0.4, 0.5) is 0 Å². The Morgan fingerprint density at radius 1 is 1.53 bits per heavy atom. The summed E-state index contributed by atoms with van der Waals surface area (Å²) < 4.78 is 0. The van der Waals surface area contributed by atoms with E-state index in [0.717, 1.165) is 25.2 Å². The minimum Gasteiger partial charge on any atom is -0.333 e. The van der Waals surface area contributed by atoms with E-state index in [1.807, 2.05) is 24.0 Å². The minimum absolute atomic E-state index is 0.0703. The van der Waals surface area contributed by atoms with Crippen molar-refractivity contribution in [2.24, 2.45) is 0 Å². The number of rotatable bonds is 1. The van der Waals surface area contributed by atoms with Crippen LogP contribution in [0.15, 0.2) is 18.2 Å². The molecule has 0 aliphatic carbocycles. The van der Waals surface area contributed by atoms with Gasteiger partial charge in [-0.15, -0.1) is 0 Å². The van der Waals surface area contributed by atoms with Gasteiger partial charge in [-0.05, 0) is 31.5 Å². The number of carbonyl (C=O) groups excluding carboxylic acids is 1. The molecule has 2 rings (SSSR count). The van der Waals surface area contributed by atoms with Gasteiger partial charge in [0.05, 0.1) is 0 Å². The predicted molar refractivity (Wildman–Crippen MR) is 69.6 cm³/mol. The van der Waals surface area contributed by atoms with E-state index in [-0.39, 0.29) is 11.9 Å². The Kier molecular flexibility index (Phi) is 3.69. The van der Waals surface area contributed by atoms with Crippen molar-refractivity contribution < 1.29 is 4.79 Å². The van der Waals surface area contributed by atoms with Crippen LogP contribution in [0.3, 0.4) is 0 Å². The fourth-order valence-electron chi connectivity index (χ4n) is 2.03. The summed E-state index contributed by atoms with van der Waals surface area (Å²) in [7, 11) is 0. The van der Waals surface area contributed by atoms with Crippen molar-refractivity contribution in [2.45, 2.75) is 19.9 Å². The lowest BCUT2D eigenvalue weighted by atomic mass is 10.1. The smallest absolute Gasteiger partial charge is 0.254 e. The quantitative estimate of drug-likeness (QED) is 0.830. The summed E-state index contributed by atoms with van der Waals surface area (Å²) in [6, 6.07) is 5.73. The van der Waals surface area contributed by atoms with Crippen LogP contribution in [0, 0.1) is 6.92 Å². The minimum atomic E-state index is 0.0703. The number of hydrogen-bond donors (Lipinski definition) is 1. The first-order valence-electron chi connectivity index (χ1n) is 5.87. The Morgan fingerprint density at radius 3 is 2.94 bits per heavy atom. The molecule has 3 nitrogen and oxygen atoms in total. The third kappa shape index (κ3) is 2.61. The van der Waals surface area contributed by atoms with Crippen LogP contribution in [-0.4, -0.2) is 36.5 Å². The summed E-state index contributed by atoms with van der Waals surface area (Å²) in [6.45, 7) is 6.45. The first kappa shape index (κ1) is 12.4. The number of nitrogens with one attached hydrogen (secondary N) is 1. The Hall–Kier alpha value is -1.06. The highest BCUT2D eigenvalue weighted by Crippen LogP contribution is 2.19. The number of hydrogen-bond acceptors (Lipinski definition) is 2. The van der Waals surface area contributed by atoms with Gasteiger partial charge >= 0.3 is 0 Å². The molecule has 0 saturated carbocycles. The molecule has 1 amide bonds. The lowest BCUT2D eigenvalue weighted by molar-refractivity contribution is 0.0656. The van der Waals surface area contributed by atoms with E-state index in [2.05, 4.69) is 12.2 Å². The SMILES string of the molecule is Cc1ccc(C(=O)N2CCNC[C@@H]2C)cc1Cl. The van der Waals surface area contributed by atoms with Crippen molar-refractivity contribution in [1.82, 2.24) is 10.2 Å². The van der Waals surface area contributed by atoms with E-state index >= 15 is 0 Å². The number of nitrogens with zero attached hydrogens (tertiary/aromatic N) is 1. The molecule has 1 saturated heterocycles. The summed E-state index contributed by atoms with van der Waals surface area (Å²) in [5.41, 5.74) is 1.67. The van der Waals surface area contributed by atoms with Gasteiger partial charge in [0, 0.05) is 36.3 Å². The number of aryl methyl sites for hydroxylation is 1. The molecule has 1 aliphatic heterocycles. The highest BCUT2D eigenvalue weighted by Gasteiger charge is 2.24. The predicted octanol–water partition coefficient (Wildman–Crippen LogP) is 2.08. The van der Waals surface area contributed by atoms with E-state index in [9.17, 15) is 4.79 Å². The average molecular weight is 253 g/mol. The van der Waals surface area contributed by atoms with E-state index in [1.54, 1.807) is 6.07 Å². The summed E-state index contributed by atoms with van der Waals surface area (Å²) in [6.07, 6.45) is 0. The molecule has 0 bridgehead atoms.